The SMILES string of the molecule is CCCNC(c1ccc2cccnc2c1)C(C)(C)N(C)C. The van der Waals surface area contributed by atoms with Crippen LogP contribution in [0, 0.1) is 0 Å². The van der Waals surface area contributed by atoms with Crippen molar-refractivity contribution in [3.63, 3.8) is 0 Å². The summed E-state index contributed by atoms with van der Waals surface area (Å²) in [7, 11) is 4.28. The summed E-state index contributed by atoms with van der Waals surface area (Å²) in [4.78, 5) is 6.77. The number of hydrogen-bond donors (Lipinski definition) is 1. The van der Waals surface area contributed by atoms with Crippen molar-refractivity contribution in [2.24, 2.45) is 0 Å². The Labute approximate surface area is 128 Å². The average molecular weight is 285 g/mol. The Morgan fingerprint density at radius 2 is 2.00 bits per heavy atom. The van der Waals surface area contributed by atoms with Crippen LogP contribution in [0.25, 0.3) is 10.9 Å². The van der Waals surface area contributed by atoms with E-state index in [9.17, 15) is 0 Å². The van der Waals surface area contributed by atoms with Gasteiger partial charge in [0.15, 0.2) is 0 Å². The highest BCUT2D eigenvalue weighted by molar-refractivity contribution is 5.79. The molecule has 21 heavy (non-hydrogen) atoms. The van der Waals surface area contributed by atoms with Gasteiger partial charge in [-0.1, -0.05) is 25.1 Å². The smallest absolute Gasteiger partial charge is 0.0705 e. The molecule has 1 N–H and O–H groups in total. The minimum absolute atomic E-state index is 0.0254. The van der Waals surface area contributed by atoms with Gasteiger partial charge in [0, 0.05) is 17.1 Å². The molecule has 0 saturated heterocycles. The number of nitrogens with zero attached hydrogens (tertiary/aromatic N) is 2. The lowest BCUT2D eigenvalue weighted by molar-refractivity contribution is 0.138. The van der Waals surface area contributed by atoms with Crippen molar-refractivity contribution in [3.05, 3.63) is 42.1 Å². The Morgan fingerprint density at radius 3 is 2.67 bits per heavy atom. The molecule has 0 bridgehead atoms. The summed E-state index contributed by atoms with van der Waals surface area (Å²) in [5, 5.41) is 4.90. The molecule has 0 aliphatic rings. The van der Waals surface area contributed by atoms with Crippen LogP contribution in [-0.4, -0.2) is 36.1 Å². The summed E-state index contributed by atoms with van der Waals surface area (Å²) in [6.07, 6.45) is 2.99. The first kappa shape index (κ1) is 15.9. The molecule has 1 aromatic carbocycles. The quantitative estimate of drug-likeness (QED) is 0.878. The molecule has 0 saturated carbocycles. The Kier molecular flexibility index (Phi) is 4.96. The van der Waals surface area contributed by atoms with Crippen molar-refractivity contribution >= 4 is 10.9 Å². The summed E-state index contributed by atoms with van der Waals surface area (Å²) < 4.78 is 0. The summed E-state index contributed by atoms with van der Waals surface area (Å²) in [6.45, 7) is 7.78. The molecule has 2 rings (SSSR count). The predicted octanol–water partition coefficient (Wildman–Crippen LogP) is 3.62. The van der Waals surface area contributed by atoms with E-state index in [-0.39, 0.29) is 11.6 Å². The van der Waals surface area contributed by atoms with Gasteiger partial charge in [0.2, 0.25) is 0 Å². The van der Waals surface area contributed by atoms with E-state index in [0.717, 1.165) is 18.5 Å². The Balaban J connectivity index is 2.42. The van der Waals surface area contributed by atoms with Crippen LogP contribution in [0.5, 0.6) is 0 Å². The molecule has 0 aliphatic carbocycles. The van der Waals surface area contributed by atoms with Gasteiger partial charge >= 0.3 is 0 Å². The molecule has 1 heterocycles. The van der Waals surface area contributed by atoms with Crippen molar-refractivity contribution in [1.29, 1.82) is 0 Å². The lowest BCUT2D eigenvalue weighted by Crippen LogP contribution is -2.49. The highest BCUT2D eigenvalue weighted by Crippen LogP contribution is 2.31. The van der Waals surface area contributed by atoms with Crippen molar-refractivity contribution in [3.8, 4) is 0 Å². The second-order valence-corrected chi connectivity index (χ2v) is 6.39. The maximum Gasteiger partial charge on any atom is 0.0705 e. The molecule has 0 amide bonds. The minimum atomic E-state index is 0.0254. The van der Waals surface area contributed by atoms with E-state index in [1.54, 1.807) is 0 Å². The molecular formula is C18H27N3. The Bertz CT molecular complexity index is 590. The first-order valence-electron chi connectivity index (χ1n) is 7.72. The number of benzene rings is 1. The normalized spacial score (nSPS) is 13.8. The maximum absolute atomic E-state index is 4.49. The molecule has 1 atom stereocenters. The van der Waals surface area contributed by atoms with Crippen molar-refractivity contribution in [1.82, 2.24) is 15.2 Å². The number of aromatic nitrogens is 1. The molecule has 0 fully saturated rings. The van der Waals surface area contributed by atoms with E-state index in [1.165, 1.54) is 10.9 Å². The van der Waals surface area contributed by atoms with Crippen LogP contribution in [0.2, 0.25) is 0 Å². The third-order valence-corrected chi connectivity index (χ3v) is 4.42. The second kappa shape index (κ2) is 6.54. The molecule has 3 nitrogen and oxygen atoms in total. The average Bonchev–Trinajstić information content (AvgIpc) is 2.47. The highest BCUT2D eigenvalue weighted by Gasteiger charge is 2.32. The Morgan fingerprint density at radius 1 is 1.24 bits per heavy atom. The first-order chi connectivity index (χ1) is 9.96. The predicted molar refractivity (Wildman–Crippen MR) is 90.5 cm³/mol. The van der Waals surface area contributed by atoms with Gasteiger partial charge in [-0.2, -0.15) is 0 Å². The number of likely N-dealkylation sites (N-methyl/N-ethyl adjacent to an activating group) is 1. The molecule has 3 heteroatoms. The molecule has 0 aliphatic heterocycles. The summed E-state index contributed by atoms with van der Waals surface area (Å²) in [5.41, 5.74) is 2.39. The number of rotatable bonds is 6. The monoisotopic (exact) mass is 285 g/mol. The van der Waals surface area contributed by atoms with Crippen LogP contribution in [0.1, 0.15) is 38.8 Å². The molecule has 2 aromatic rings. The zero-order chi connectivity index (χ0) is 15.5. The number of hydrogen-bond acceptors (Lipinski definition) is 3. The lowest BCUT2D eigenvalue weighted by Gasteiger charge is -2.41. The van der Waals surface area contributed by atoms with Crippen LogP contribution in [0.4, 0.5) is 0 Å². The van der Waals surface area contributed by atoms with Crippen molar-refractivity contribution in [2.75, 3.05) is 20.6 Å². The van der Waals surface area contributed by atoms with Crippen molar-refractivity contribution in [2.45, 2.75) is 38.8 Å². The fourth-order valence-corrected chi connectivity index (χ4v) is 2.59. The van der Waals surface area contributed by atoms with Crippen LogP contribution in [0.15, 0.2) is 36.5 Å². The van der Waals surface area contributed by atoms with E-state index in [2.05, 4.69) is 74.3 Å². The summed E-state index contributed by atoms with van der Waals surface area (Å²) >= 11 is 0. The maximum atomic E-state index is 4.49. The third-order valence-electron chi connectivity index (χ3n) is 4.42. The van der Waals surface area contributed by atoms with Gasteiger partial charge in [-0.25, -0.2) is 0 Å². The highest BCUT2D eigenvalue weighted by atomic mass is 15.2. The van der Waals surface area contributed by atoms with Crippen molar-refractivity contribution < 1.29 is 0 Å². The minimum Gasteiger partial charge on any atom is -0.308 e. The standard InChI is InChI=1S/C18H27N3/c1-6-11-20-17(18(2,3)21(4)5)15-10-9-14-8-7-12-19-16(14)13-15/h7-10,12-13,17,20H,6,11H2,1-5H3. The van der Waals surface area contributed by atoms with Gasteiger partial charge < -0.3 is 10.2 Å². The van der Waals surface area contributed by atoms with Gasteiger partial charge in [0.05, 0.1) is 11.6 Å². The van der Waals surface area contributed by atoms with Gasteiger partial charge in [0.25, 0.3) is 0 Å². The van der Waals surface area contributed by atoms with E-state index < -0.39 is 0 Å². The lowest BCUT2D eigenvalue weighted by atomic mass is 9.87. The second-order valence-electron chi connectivity index (χ2n) is 6.39. The third kappa shape index (κ3) is 3.42. The summed E-state index contributed by atoms with van der Waals surface area (Å²) in [5.74, 6) is 0. The number of nitrogens with one attached hydrogen (secondary N) is 1. The zero-order valence-electron chi connectivity index (χ0n) is 13.9. The van der Waals surface area contributed by atoms with E-state index >= 15 is 0 Å². The topological polar surface area (TPSA) is 28.2 Å². The van der Waals surface area contributed by atoms with E-state index in [1.807, 2.05) is 12.3 Å². The largest absolute Gasteiger partial charge is 0.308 e. The van der Waals surface area contributed by atoms with E-state index in [0.29, 0.717) is 0 Å². The van der Waals surface area contributed by atoms with Gasteiger partial charge in [-0.05, 0) is 58.6 Å². The zero-order valence-corrected chi connectivity index (χ0v) is 13.9. The van der Waals surface area contributed by atoms with Crippen LogP contribution in [0.3, 0.4) is 0 Å². The summed E-state index contributed by atoms with van der Waals surface area (Å²) in [6, 6.07) is 11.0. The molecule has 1 aromatic heterocycles. The fourth-order valence-electron chi connectivity index (χ4n) is 2.59. The number of fused-ring (bicyclic) bond motifs is 1. The molecule has 0 spiro atoms. The fraction of sp³-hybridized carbons (Fsp3) is 0.500. The van der Waals surface area contributed by atoms with Crippen LogP contribution >= 0.6 is 0 Å². The first-order valence-corrected chi connectivity index (χ1v) is 7.72. The number of pyridine rings is 1. The molecule has 0 radical (unpaired) electrons. The van der Waals surface area contributed by atoms with Gasteiger partial charge in [0.1, 0.15) is 0 Å². The van der Waals surface area contributed by atoms with Crippen LogP contribution in [-0.2, 0) is 0 Å². The molecular weight excluding hydrogens is 258 g/mol. The van der Waals surface area contributed by atoms with E-state index in [4.69, 9.17) is 0 Å². The Hall–Kier alpha value is -1.45. The molecule has 114 valence electrons. The van der Waals surface area contributed by atoms with Gasteiger partial charge in [-0.15, -0.1) is 0 Å². The van der Waals surface area contributed by atoms with Crippen LogP contribution < -0.4 is 5.32 Å². The van der Waals surface area contributed by atoms with Gasteiger partial charge in [-0.3, -0.25) is 4.98 Å². The molecule has 1 unspecified atom stereocenters.